The number of ether oxygens (including phenoxy) is 1. The van der Waals surface area contributed by atoms with Gasteiger partial charge in [0.1, 0.15) is 5.75 Å². The first-order valence-electron chi connectivity index (χ1n) is 6.59. The maximum Gasteiger partial charge on any atom is 0.306 e. The van der Waals surface area contributed by atoms with E-state index in [0.717, 1.165) is 11.8 Å². The highest BCUT2D eigenvalue weighted by atomic mass is 32.2. The number of benzene rings is 2. The SMILES string of the molecule is CC(OCc1ccccc1)c1ccccc1OS(C)(=O)=O. The van der Waals surface area contributed by atoms with Crippen LogP contribution in [-0.2, 0) is 21.5 Å². The van der Waals surface area contributed by atoms with E-state index in [1.165, 1.54) is 0 Å². The van der Waals surface area contributed by atoms with E-state index in [1.807, 2.05) is 43.3 Å². The first-order valence-corrected chi connectivity index (χ1v) is 8.41. The van der Waals surface area contributed by atoms with Crippen LogP contribution in [0.2, 0.25) is 0 Å². The van der Waals surface area contributed by atoms with Gasteiger partial charge in [0.25, 0.3) is 0 Å². The highest BCUT2D eigenvalue weighted by Crippen LogP contribution is 2.28. The Morgan fingerprint density at radius 1 is 1.00 bits per heavy atom. The van der Waals surface area contributed by atoms with Crippen LogP contribution in [0.15, 0.2) is 54.6 Å². The summed E-state index contributed by atoms with van der Waals surface area (Å²) < 4.78 is 33.4. The Hall–Kier alpha value is -1.85. The Kier molecular flexibility index (Phi) is 4.98. The van der Waals surface area contributed by atoms with Crippen molar-refractivity contribution in [2.24, 2.45) is 0 Å². The maximum atomic E-state index is 11.3. The van der Waals surface area contributed by atoms with E-state index in [9.17, 15) is 8.42 Å². The normalized spacial score (nSPS) is 12.9. The summed E-state index contributed by atoms with van der Waals surface area (Å²) in [6.07, 6.45) is 0.752. The van der Waals surface area contributed by atoms with Gasteiger partial charge in [0.15, 0.2) is 0 Å². The van der Waals surface area contributed by atoms with Gasteiger partial charge in [-0.25, -0.2) is 0 Å². The number of rotatable bonds is 6. The molecule has 0 aliphatic carbocycles. The lowest BCUT2D eigenvalue weighted by Crippen LogP contribution is -2.09. The number of hydrogen-bond acceptors (Lipinski definition) is 4. The highest BCUT2D eigenvalue weighted by molar-refractivity contribution is 7.86. The van der Waals surface area contributed by atoms with E-state index in [-0.39, 0.29) is 6.10 Å². The van der Waals surface area contributed by atoms with Crippen LogP contribution >= 0.6 is 0 Å². The average molecular weight is 306 g/mol. The Labute approximate surface area is 125 Å². The molecule has 0 saturated carbocycles. The molecule has 21 heavy (non-hydrogen) atoms. The Bertz CT molecular complexity index is 680. The Morgan fingerprint density at radius 3 is 2.29 bits per heavy atom. The fraction of sp³-hybridized carbons (Fsp3) is 0.250. The largest absolute Gasteiger partial charge is 0.382 e. The molecular formula is C16H18O4S. The summed E-state index contributed by atoms with van der Waals surface area (Å²) in [5.41, 5.74) is 1.77. The van der Waals surface area contributed by atoms with Gasteiger partial charge in [-0.2, -0.15) is 8.42 Å². The molecule has 0 heterocycles. The van der Waals surface area contributed by atoms with E-state index in [1.54, 1.807) is 18.2 Å². The van der Waals surface area contributed by atoms with E-state index >= 15 is 0 Å². The maximum absolute atomic E-state index is 11.3. The van der Waals surface area contributed by atoms with Gasteiger partial charge in [0, 0.05) is 5.56 Å². The van der Waals surface area contributed by atoms with Gasteiger partial charge >= 0.3 is 10.1 Å². The molecule has 0 fully saturated rings. The van der Waals surface area contributed by atoms with Crippen molar-refractivity contribution in [2.75, 3.05) is 6.26 Å². The Morgan fingerprint density at radius 2 is 1.62 bits per heavy atom. The van der Waals surface area contributed by atoms with Crippen molar-refractivity contribution in [1.82, 2.24) is 0 Å². The average Bonchev–Trinajstić information content (AvgIpc) is 2.45. The van der Waals surface area contributed by atoms with E-state index in [2.05, 4.69) is 0 Å². The van der Waals surface area contributed by atoms with Crippen LogP contribution < -0.4 is 4.18 Å². The summed E-state index contributed by atoms with van der Waals surface area (Å²) in [5, 5.41) is 0. The van der Waals surface area contributed by atoms with Crippen LogP contribution in [0.3, 0.4) is 0 Å². The monoisotopic (exact) mass is 306 g/mol. The summed E-state index contributed by atoms with van der Waals surface area (Å²) >= 11 is 0. The molecule has 0 aromatic heterocycles. The van der Waals surface area contributed by atoms with E-state index < -0.39 is 10.1 Å². The number of hydrogen-bond donors (Lipinski definition) is 0. The minimum Gasteiger partial charge on any atom is -0.382 e. The molecule has 0 aliphatic heterocycles. The lowest BCUT2D eigenvalue weighted by Gasteiger charge is -2.16. The molecule has 0 N–H and O–H groups in total. The van der Waals surface area contributed by atoms with Crippen LogP contribution in [0.4, 0.5) is 0 Å². The summed E-state index contributed by atoms with van der Waals surface area (Å²) in [6, 6.07) is 16.8. The molecule has 0 bridgehead atoms. The molecule has 1 atom stereocenters. The van der Waals surface area contributed by atoms with Crippen molar-refractivity contribution in [1.29, 1.82) is 0 Å². The Balaban J connectivity index is 2.10. The van der Waals surface area contributed by atoms with Crippen LogP contribution in [0.25, 0.3) is 0 Å². The zero-order chi connectivity index (χ0) is 15.3. The predicted molar refractivity (Wildman–Crippen MR) is 81.6 cm³/mol. The van der Waals surface area contributed by atoms with Crippen molar-refractivity contribution in [3.8, 4) is 5.75 Å². The fourth-order valence-electron chi connectivity index (χ4n) is 1.94. The molecular weight excluding hydrogens is 288 g/mol. The van der Waals surface area contributed by atoms with Crippen molar-refractivity contribution >= 4 is 10.1 Å². The van der Waals surface area contributed by atoms with Gasteiger partial charge in [-0.05, 0) is 18.6 Å². The second-order valence-corrected chi connectivity index (χ2v) is 6.34. The molecule has 0 aliphatic rings. The lowest BCUT2D eigenvalue weighted by molar-refractivity contribution is 0.0516. The number of para-hydroxylation sites is 1. The summed E-state index contributed by atoms with van der Waals surface area (Å²) in [5.74, 6) is 0.306. The zero-order valence-electron chi connectivity index (χ0n) is 12.0. The van der Waals surface area contributed by atoms with Crippen molar-refractivity contribution in [3.63, 3.8) is 0 Å². The molecule has 1 unspecified atom stereocenters. The van der Waals surface area contributed by atoms with E-state index in [4.69, 9.17) is 8.92 Å². The van der Waals surface area contributed by atoms with Gasteiger partial charge in [-0.3, -0.25) is 0 Å². The van der Waals surface area contributed by atoms with Gasteiger partial charge in [0.2, 0.25) is 0 Å². The summed E-state index contributed by atoms with van der Waals surface area (Å²) in [6.45, 7) is 2.32. The predicted octanol–water partition coefficient (Wildman–Crippen LogP) is 3.30. The van der Waals surface area contributed by atoms with Gasteiger partial charge in [-0.15, -0.1) is 0 Å². The molecule has 2 aromatic carbocycles. The zero-order valence-corrected chi connectivity index (χ0v) is 12.8. The van der Waals surface area contributed by atoms with Crippen molar-refractivity contribution in [2.45, 2.75) is 19.6 Å². The van der Waals surface area contributed by atoms with Crippen molar-refractivity contribution < 1.29 is 17.3 Å². The third kappa shape index (κ3) is 4.88. The third-order valence-electron chi connectivity index (χ3n) is 2.94. The molecule has 0 radical (unpaired) electrons. The fourth-order valence-corrected chi connectivity index (χ4v) is 2.42. The third-order valence-corrected chi connectivity index (χ3v) is 3.42. The van der Waals surface area contributed by atoms with Crippen LogP contribution in [-0.4, -0.2) is 14.7 Å². The molecule has 112 valence electrons. The standard InChI is InChI=1S/C16H18O4S/c1-13(19-12-14-8-4-3-5-9-14)15-10-6-7-11-16(15)20-21(2,17)18/h3-11,13H,12H2,1-2H3. The second kappa shape index (κ2) is 6.74. The smallest absolute Gasteiger partial charge is 0.306 e. The molecule has 5 heteroatoms. The van der Waals surface area contributed by atoms with Crippen LogP contribution in [0.1, 0.15) is 24.2 Å². The summed E-state index contributed by atoms with van der Waals surface area (Å²) in [4.78, 5) is 0. The van der Waals surface area contributed by atoms with Crippen LogP contribution in [0.5, 0.6) is 5.75 Å². The van der Waals surface area contributed by atoms with Crippen molar-refractivity contribution in [3.05, 3.63) is 65.7 Å². The van der Waals surface area contributed by atoms with Crippen LogP contribution in [0, 0.1) is 0 Å². The van der Waals surface area contributed by atoms with Gasteiger partial charge in [-0.1, -0.05) is 48.5 Å². The molecule has 2 aromatic rings. The second-order valence-electron chi connectivity index (χ2n) is 4.76. The topological polar surface area (TPSA) is 52.6 Å². The minimum atomic E-state index is -3.56. The molecule has 0 saturated heterocycles. The van der Waals surface area contributed by atoms with Gasteiger partial charge < -0.3 is 8.92 Å². The molecule has 4 nitrogen and oxygen atoms in total. The molecule has 0 amide bonds. The first kappa shape index (κ1) is 15.5. The van der Waals surface area contributed by atoms with Gasteiger partial charge in [0.05, 0.1) is 19.0 Å². The molecule has 0 spiro atoms. The summed E-state index contributed by atoms with van der Waals surface area (Å²) in [7, 11) is -3.56. The molecule has 2 rings (SSSR count). The highest BCUT2D eigenvalue weighted by Gasteiger charge is 2.15. The lowest BCUT2D eigenvalue weighted by atomic mass is 10.1. The van der Waals surface area contributed by atoms with E-state index in [0.29, 0.717) is 17.9 Å². The minimum absolute atomic E-state index is 0.275. The first-order chi connectivity index (χ1) is 9.96. The quantitative estimate of drug-likeness (QED) is 0.768.